The van der Waals surface area contributed by atoms with Gasteiger partial charge in [-0.1, -0.05) is 29.8 Å². The summed E-state index contributed by atoms with van der Waals surface area (Å²) in [6, 6.07) is 11.1. The first-order valence-electron chi connectivity index (χ1n) is 9.46. The highest BCUT2D eigenvalue weighted by molar-refractivity contribution is 6.00. The van der Waals surface area contributed by atoms with Gasteiger partial charge in [0.15, 0.2) is 0 Å². The van der Waals surface area contributed by atoms with Crippen LogP contribution in [0.4, 0.5) is 16.2 Å². The van der Waals surface area contributed by atoms with Gasteiger partial charge in [-0.05, 0) is 44.0 Å². The van der Waals surface area contributed by atoms with E-state index in [1.165, 1.54) is 29.5 Å². The lowest BCUT2D eigenvalue weighted by molar-refractivity contribution is 0.0602. The van der Waals surface area contributed by atoms with Gasteiger partial charge in [-0.2, -0.15) is 0 Å². The van der Waals surface area contributed by atoms with Crippen LogP contribution in [0.5, 0.6) is 0 Å². The number of carbonyl (C=O) groups excluding carboxylic acids is 2. The smallest absolute Gasteiger partial charge is 0.339 e. The Kier molecular flexibility index (Phi) is 5.87. The summed E-state index contributed by atoms with van der Waals surface area (Å²) in [6.45, 7) is 9.18. The number of para-hydroxylation sites is 1. The molecule has 2 aromatic rings. The third kappa shape index (κ3) is 4.11. The topological polar surface area (TPSA) is 61.9 Å². The Balaban J connectivity index is 1.66. The zero-order valence-electron chi connectivity index (χ0n) is 16.9. The van der Waals surface area contributed by atoms with Crippen LogP contribution in [-0.4, -0.2) is 50.2 Å². The number of hydrogen-bond acceptors (Lipinski definition) is 4. The maximum absolute atomic E-state index is 12.7. The monoisotopic (exact) mass is 381 g/mol. The average Bonchev–Trinajstić information content (AvgIpc) is 2.67. The number of rotatable bonds is 3. The number of piperazine rings is 1. The Labute approximate surface area is 166 Å². The molecule has 1 fully saturated rings. The predicted octanol–water partition coefficient (Wildman–Crippen LogP) is 3.75. The number of urea groups is 1. The van der Waals surface area contributed by atoms with Gasteiger partial charge in [0.2, 0.25) is 0 Å². The minimum atomic E-state index is -0.467. The second-order valence-corrected chi connectivity index (χ2v) is 7.19. The van der Waals surface area contributed by atoms with Gasteiger partial charge >= 0.3 is 12.0 Å². The number of aryl methyl sites for hydroxylation is 3. The molecule has 2 amide bonds. The molecule has 1 aliphatic heterocycles. The Bertz CT molecular complexity index is 863. The van der Waals surface area contributed by atoms with Crippen LogP contribution in [0.15, 0.2) is 36.4 Å². The van der Waals surface area contributed by atoms with Gasteiger partial charge < -0.3 is 19.9 Å². The highest BCUT2D eigenvalue weighted by atomic mass is 16.5. The predicted molar refractivity (Wildman–Crippen MR) is 111 cm³/mol. The maximum Gasteiger partial charge on any atom is 0.339 e. The van der Waals surface area contributed by atoms with E-state index >= 15 is 0 Å². The van der Waals surface area contributed by atoms with E-state index in [2.05, 4.69) is 43.1 Å². The highest BCUT2D eigenvalue weighted by Gasteiger charge is 2.24. The number of benzene rings is 2. The number of methoxy groups -OCH3 is 1. The second-order valence-electron chi connectivity index (χ2n) is 7.19. The summed E-state index contributed by atoms with van der Waals surface area (Å²) in [5, 5.41) is 2.85. The van der Waals surface area contributed by atoms with Crippen molar-refractivity contribution in [1.82, 2.24) is 4.90 Å². The molecule has 1 aliphatic rings. The Morgan fingerprint density at radius 2 is 1.57 bits per heavy atom. The molecule has 0 bridgehead atoms. The van der Waals surface area contributed by atoms with E-state index in [4.69, 9.17) is 4.74 Å². The number of hydrogen-bond donors (Lipinski definition) is 1. The number of ether oxygens (including phenoxy) is 1. The van der Waals surface area contributed by atoms with Crippen molar-refractivity contribution in [3.8, 4) is 0 Å². The molecule has 0 radical (unpaired) electrons. The molecule has 2 aromatic carbocycles. The molecule has 0 aliphatic carbocycles. The fourth-order valence-corrected chi connectivity index (χ4v) is 3.88. The number of anilines is 2. The molecular weight excluding hydrogens is 354 g/mol. The molecule has 3 rings (SSSR count). The molecular formula is C22H27N3O3. The molecule has 28 heavy (non-hydrogen) atoms. The molecule has 0 saturated carbocycles. The van der Waals surface area contributed by atoms with Crippen LogP contribution in [0.25, 0.3) is 0 Å². The first-order chi connectivity index (χ1) is 13.4. The molecule has 1 N–H and O–H groups in total. The summed E-state index contributed by atoms with van der Waals surface area (Å²) in [5.74, 6) is -0.467. The zero-order valence-corrected chi connectivity index (χ0v) is 16.9. The zero-order chi connectivity index (χ0) is 20.3. The Morgan fingerprint density at radius 1 is 0.964 bits per heavy atom. The second kappa shape index (κ2) is 8.33. The number of amides is 2. The minimum absolute atomic E-state index is 0.201. The fourth-order valence-electron chi connectivity index (χ4n) is 3.88. The van der Waals surface area contributed by atoms with E-state index in [1.54, 1.807) is 29.2 Å². The van der Waals surface area contributed by atoms with Crippen LogP contribution >= 0.6 is 0 Å². The van der Waals surface area contributed by atoms with E-state index < -0.39 is 5.97 Å². The fraction of sp³-hybridized carbons (Fsp3) is 0.364. The third-order valence-electron chi connectivity index (χ3n) is 5.09. The lowest BCUT2D eigenvalue weighted by Gasteiger charge is -2.37. The van der Waals surface area contributed by atoms with Crippen LogP contribution in [0, 0.1) is 20.8 Å². The van der Waals surface area contributed by atoms with Gasteiger partial charge in [-0.15, -0.1) is 0 Å². The van der Waals surface area contributed by atoms with Gasteiger partial charge in [-0.3, -0.25) is 0 Å². The van der Waals surface area contributed by atoms with Gasteiger partial charge in [0.05, 0.1) is 18.4 Å². The van der Waals surface area contributed by atoms with Crippen molar-refractivity contribution in [2.24, 2.45) is 0 Å². The first-order valence-corrected chi connectivity index (χ1v) is 9.46. The van der Waals surface area contributed by atoms with Gasteiger partial charge in [0.25, 0.3) is 0 Å². The molecule has 0 unspecified atom stereocenters. The number of carbonyl (C=O) groups is 2. The lowest BCUT2D eigenvalue weighted by Crippen LogP contribution is -2.50. The van der Waals surface area contributed by atoms with Crippen LogP contribution < -0.4 is 10.2 Å². The van der Waals surface area contributed by atoms with Crippen molar-refractivity contribution >= 4 is 23.4 Å². The largest absolute Gasteiger partial charge is 0.465 e. The maximum atomic E-state index is 12.7. The van der Waals surface area contributed by atoms with Crippen molar-refractivity contribution < 1.29 is 14.3 Å². The number of nitrogens with one attached hydrogen (secondary N) is 1. The molecule has 1 saturated heterocycles. The average molecular weight is 381 g/mol. The molecule has 6 heteroatoms. The highest BCUT2D eigenvalue weighted by Crippen LogP contribution is 2.27. The van der Waals surface area contributed by atoms with Crippen molar-refractivity contribution in [3.63, 3.8) is 0 Å². The van der Waals surface area contributed by atoms with Crippen molar-refractivity contribution in [1.29, 1.82) is 0 Å². The summed E-state index contributed by atoms with van der Waals surface area (Å²) < 4.78 is 4.79. The van der Waals surface area contributed by atoms with Gasteiger partial charge in [-0.25, -0.2) is 9.59 Å². The van der Waals surface area contributed by atoms with E-state index in [-0.39, 0.29) is 6.03 Å². The van der Waals surface area contributed by atoms with Crippen LogP contribution in [0.3, 0.4) is 0 Å². The summed E-state index contributed by atoms with van der Waals surface area (Å²) in [7, 11) is 1.33. The normalized spacial score (nSPS) is 14.0. The Morgan fingerprint density at radius 3 is 2.18 bits per heavy atom. The first kappa shape index (κ1) is 19.7. The van der Waals surface area contributed by atoms with E-state index in [0.29, 0.717) is 24.3 Å². The van der Waals surface area contributed by atoms with Crippen LogP contribution in [0.2, 0.25) is 0 Å². The summed E-state index contributed by atoms with van der Waals surface area (Å²) in [6.07, 6.45) is 0. The SMILES string of the molecule is COC(=O)c1ccccc1NC(=O)N1CCN(c2c(C)cc(C)cc2C)CC1. The Hall–Kier alpha value is -3.02. The molecule has 148 valence electrons. The molecule has 0 atom stereocenters. The minimum Gasteiger partial charge on any atom is -0.465 e. The van der Waals surface area contributed by atoms with Crippen LogP contribution in [-0.2, 0) is 4.74 Å². The molecule has 0 spiro atoms. The number of nitrogens with zero attached hydrogens (tertiary/aromatic N) is 2. The van der Waals surface area contributed by atoms with E-state index in [0.717, 1.165) is 13.1 Å². The third-order valence-corrected chi connectivity index (χ3v) is 5.09. The lowest BCUT2D eigenvalue weighted by atomic mass is 10.0. The number of esters is 1. The summed E-state index contributed by atoms with van der Waals surface area (Å²) >= 11 is 0. The molecule has 1 heterocycles. The molecule has 6 nitrogen and oxygen atoms in total. The van der Waals surface area contributed by atoms with Gasteiger partial charge in [0, 0.05) is 31.9 Å². The van der Waals surface area contributed by atoms with Crippen LogP contribution in [0.1, 0.15) is 27.0 Å². The summed E-state index contributed by atoms with van der Waals surface area (Å²) in [4.78, 5) is 28.7. The molecule has 0 aromatic heterocycles. The van der Waals surface area contributed by atoms with E-state index in [1.807, 2.05) is 0 Å². The van der Waals surface area contributed by atoms with Crippen molar-refractivity contribution in [2.45, 2.75) is 20.8 Å². The van der Waals surface area contributed by atoms with Crippen molar-refractivity contribution in [3.05, 3.63) is 58.7 Å². The quantitative estimate of drug-likeness (QED) is 0.823. The van der Waals surface area contributed by atoms with Gasteiger partial charge in [0.1, 0.15) is 0 Å². The van der Waals surface area contributed by atoms with E-state index in [9.17, 15) is 9.59 Å². The van der Waals surface area contributed by atoms with Crippen molar-refractivity contribution in [2.75, 3.05) is 43.5 Å². The summed E-state index contributed by atoms with van der Waals surface area (Å²) in [5.41, 5.74) is 5.88. The standard InChI is InChI=1S/C22H27N3O3/c1-15-13-16(2)20(17(3)14-15)24-9-11-25(12-10-24)22(27)23-19-8-6-5-7-18(19)21(26)28-4/h5-8,13-14H,9-12H2,1-4H3,(H,23,27).